The van der Waals surface area contributed by atoms with E-state index in [0.29, 0.717) is 0 Å². The molecule has 0 radical (unpaired) electrons. The summed E-state index contributed by atoms with van der Waals surface area (Å²) in [7, 11) is 0. The molecule has 0 spiro atoms. The molecule has 0 aliphatic heterocycles. The summed E-state index contributed by atoms with van der Waals surface area (Å²) >= 11 is 7.91. The van der Waals surface area contributed by atoms with Crippen LogP contribution < -0.4 is 0 Å². The van der Waals surface area contributed by atoms with E-state index in [0.717, 1.165) is 0 Å². The van der Waals surface area contributed by atoms with Gasteiger partial charge in [-0.15, -0.1) is 45.3 Å². The van der Waals surface area contributed by atoms with Crippen molar-refractivity contribution >= 4 is 73.5 Å². The van der Waals surface area contributed by atoms with Gasteiger partial charge >= 0.3 is 0 Å². The van der Waals surface area contributed by atoms with Gasteiger partial charge in [-0.2, -0.15) is 0 Å². The monoisotopic (exact) mass is 392 g/mol. The molecular weight excluding hydrogens is 368 g/mol. The lowest BCUT2D eigenvalue weighted by atomic mass is 10.1. The average Bonchev–Trinajstić information content (AvgIpc) is 3.30. The number of rotatable bonds is 9. The lowest BCUT2D eigenvalue weighted by Crippen LogP contribution is -1.84. The Morgan fingerprint density at radius 3 is 2.29 bits per heavy atom. The van der Waals surface area contributed by atoms with Gasteiger partial charge in [0, 0.05) is 4.70 Å². The minimum atomic E-state index is 1.27. The van der Waals surface area contributed by atoms with Gasteiger partial charge in [0.05, 0.1) is 23.5 Å². The van der Waals surface area contributed by atoms with Crippen LogP contribution in [0, 0.1) is 0 Å². The third-order valence-corrected chi connectivity index (χ3v) is 9.86. The lowest BCUT2D eigenvalue weighted by molar-refractivity contribution is 0.576. The van der Waals surface area contributed by atoms with Crippen molar-refractivity contribution in [2.24, 2.45) is 0 Å². The number of thiophene rings is 4. The molecule has 4 heterocycles. The van der Waals surface area contributed by atoms with Crippen molar-refractivity contribution in [3.8, 4) is 0 Å². The summed E-state index contributed by atoms with van der Waals surface area (Å²) in [4.78, 5) is 0. The predicted octanol–water partition coefficient (Wildman–Crippen LogP) is 9.08. The van der Waals surface area contributed by atoms with Crippen LogP contribution >= 0.6 is 45.3 Å². The molecule has 0 amide bonds. The van der Waals surface area contributed by atoms with E-state index in [1.807, 2.05) is 45.3 Å². The van der Waals surface area contributed by atoms with Crippen LogP contribution in [0.1, 0.15) is 63.9 Å². The molecule has 0 aliphatic rings. The molecule has 4 heteroatoms. The summed E-state index contributed by atoms with van der Waals surface area (Å²) in [6.45, 7) is 2.29. The van der Waals surface area contributed by atoms with Gasteiger partial charge < -0.3 is 0 Å². The Morgan fingerprint density at radius 2 is 1.46 bits per heavy atom. The second kappa shape index (κ2) is 7.86. The van der Waals surface area contributed by atoms with Crippen LogP contribution in [-0.4, -0.2) is 0 Å². The summed E-state index contributed by atoms with van der Waals surface area (Å²) < 4.78 is 9.22. The molecule has 0 saturated carbocycles. The fourth-order valence-corrected chi connectivity index (χ4v) is 8.87. The second-order valence-electron chi connectivity index (χ2n) is 6.62. The maximum atomic E-state index is 2.43. The van der Waals surface area contributed by atoms with E-state index in [1.165, 1.54) is 67.2 Å². The Hall–Kier alpha value is -0.420. The number of aryl methyl sites for hydroxylation is 1. The molecule has 4 aromatic rings. The standard InChI is InChI=1S/C20H24S4/c1-2-3-4-5-6-7-8-9-10-14-13-22-18-16(14)24-19-17-15(11-12-21-17)23-20(18)19/h11-13H,2-10H2,1H3. The van der Waals surface area contributed by atoms with Crippen molar-refractivity contribution in [1.29, 1.82) is 0 Å². The minimum absolute atomic E-state index is 1.27. The molecule has 0 aliphatic carbocycles. The summed E-state index contributed by atoms with van der Waals surface area (Å²) in [6.07, 6.45) is 12.5. The molecule has 0 fully saturated rings. The van der Waals surface area contributed by atoms with Crippen molar-refractivity contribution in [2.75, 3.05) is 0 Å². The fraction of sp³-hybridized carbons (Fsp3) is 0.500. The summed E-state index contributed by atoms with van der Waals surface area (Å²) in [5, 5.41) is 4.66. The Bertz CT molecular complexity index is 918. The van der Waals surface area contributed by atoms with Crippen molar-refractivity contribution in [3.63, 3.8) is 0 Å². The number of hydrogen-bond acceptors (Lipinski definition) is 4. The molecule has 0 atom stereocenters. The van der Waals surface area contributed by atoms with Crippen molar-refractivity contribution in [2.45, 2.75) is 64.7 Å². The molecule has 0 N–H and O–H groups in total. The topological polar surface area (TPSA) is 0 Å². The largest absolute Gasteiger partial charge is 0.141 e. The number of hydrogen-bond donors (Lipinski definition) is 0. The van der Waals surface area contributed by atoms with E-state index in [2.05, 4.69) is 23.8 Å². The molecule has 128 valence electrons. The normalized spacial score (nSPS) is 12.2. The SMILES string of the molecule is CCCCCCCCCCc1csc2c1sc1c3sccc3sc21. The third kappa shape index (κ3) is 3.31. The molecule has 4 aromatic heterocycles. The quantitative estimate of drug-likeness (QED) is 0.249. The first-order valence-corrected chi connectivity index (χ1v) is 12.6. The molecule has 0 bridgehead atoms. The van der Waals surface area contributed by atoms with Gasteiger partial charge in [-0.3, -0.25) is 0 Å². The Kier molecular flexibility index (Phi) is 5.57. The maximum Gasteiger partial charge on any atom is 0.0650 e. The smallest absolute Gasteiger partial charge is 0.0650 e. The minimum Gasteiger partial charge on any atom is -0.141 e. The predicted molar refractivity (Wildman–Crippen MR) is 117 cm³/mol. The van der Waals surface area contributed by atoms with E-state index in [4.69, 9.17) is 0 Å². The maximum absolute atomic E-state index is 2.43. The van der Waals surface area contributed by atoms with E-state index < -0.39 is 0 Å². The molecule has 4 rings (SSSR count). The highest BCUT2D eigenvalue weighted by molar-refractivity contribution is 7.44. The van der Waals surface area contributed by atoms with Crippen molar-refractivity contribution in [1.82, 2.24) is 0 Å². The van der Waals surface area contributed by atoms with Crippen molar-refractivity contribution < 1.29 is 0 Å². The summed E-state index contributed by atoms with van der Waals surface area (Å²) in [6, 6.07) is 2.28. The lowest BCUT2D eigenvalue weighted by Gasteiger charge is -2.01. The summed E-state index contributed by atoms with van der Waals surface area (Å²) in [5.74, 6) is 0. The highest BCUT2D eigenvalue weighted by atomic mass is 32.1. The van der Waals surface area contributed by atoms with Gasteiger partial charge in [-0.25, -0.2) is 0 Å². The van der Waals surface area contributed by atoms with E-state index in [1.54, 1.807) is 24.4 Å². The van der Waals surface area contributed by atoms with Crippen LogP contribution in [0.4, 0.5) is 0 Å². The van der Waals surface area contributed by atoms with Crippen LogP contribution in [-0.2, 0) is 6.42 Å². The van der Waals surface area contributed by atoms with Gasteiger partial charge in [0.15, 0.2) is 0 Å². The molecular formula is C20H24S4. The Labute approximate surface area is 160 Å². The first kappa shape index (κ1) is 17.0. The van der Waals surface area contributed by atoms with Crippen LogP contribution in [0.15, 0.2) is 16.8 Å². The number of unbranched alkanes of at least 4 members (excludes halogenated alkanes) is 7. The molecule has 0 nitrogen and oxygen atoms in total. The first-order chi connectivity index (χ1) is 11.9. The second-order valence-corrected chi connectivity index (χ2v) is 10.5. The zero-order valence-electron chi connectivity index (χ0n) is 14.2. The third-order valence-electron chi connectivity index (χ3n) is 4.78. The Morgan fingerprint density at radius 1 is 0.708 bits per heavy atom. The van der Waals surface area contributed by atoms with Gasteiger partial charge in [0.1, 0.15) is 0 Å². The van der Waals surface area contributed by atoms with E-state index in [9.17, 15) is 0 Å². The van der Waals surface area contributed by atoms with E-state index in [-0.39, 0.29) is 0 Å². The van der Waals surface area contributed by atoms with Crippen LogP contribution in [0.2, 0.25) is 0 Å². The van der Waals surface area contributed by atoms with Crippen LogP contribution in [0.25, 0.3) is 28.2 Å². The average molecular weight is 393 g/mol. The fourth-order valence-electron chi connectivity index (χ4n) is 3.42. The van der Waals surface area contributed by atoms with Crippen molar-refractivity contribution in [3.05, 3.63) is 22.4 Å². The first-order valence-electron chi connectivity index (χ1n) is 9.17. The van der Waals surface area contributed by atoms with Gasteiger partial charge in [0.2, 0.25) is 0 Å². The zero-order chi connectivity index (χ0) is 16.4. The van der Waals surface area contributed by atoms with E-state index >= 15 is 0 Å². The zero-order valence-corrected chi connectivity index (χ0v) is 17.5. The van der Waals surface area contributed by atoms with Gasteiger partial charge in [-0.05, 0) is 35.2 Å². The summed E-state index contributed by atoms with van der Waals surface area (Å²) in [5.41, 5.74) is 1.61. The highest BCUT2D eigenvalue weighted by Crippen LogP contribution is 2.49. The molecule has 24 heavy (non-hydrogen) atoms. The van der Waals surface area contributed by atoms with Gasteiger partial charge in [-0.1, -0.05) is 51.9 Å². The van der Waals surface area contributed by atoms with Crippen LogP contribution in [0.5, 0.6) is 0 Å². The molecule has 0 unspecified atom stereocenters. The molecule has 0 aromatic carbocycles. The Balaban J connectivity index is 1.37. The van der Waals surface area contributed by atoms with Gasteiger partial charge in [0.25, 0.3) is 0 Å². The van der Waals surface area contributed by atoms with Crippen LogP contribution in [0.3, 0.4) is 0 Å². The molecule has 0 saturated heterocycles. The number of fused-ring (bicyclic) bond motifs is 5. The highest BCUT2D eigenvalue weighted by Gasteiger charge is 2.16.